The van der Waals surface area contributed by atoms with Crippen molar-refractivity contribution in [1.82, 2.24) is 0 Å². The van der Waals surface area contributed by atoms with E-state index < -0.39 is 0 Å². The normalized spacial score (nSPS) is 19.9. The van der Waals surface area contributed by atoms with Gasteiger partial charge in [0.05, 0.1) is 5.69 Å². The number of carbonyl (C=O) groups excluding carboxylic acids is 1. The first-order valence-electron chi connectivity index (χ1n) is 5.54. The largest absolute Gasteiger partial charge is 0.363 e. The molecule has 2 rings (SSSR count). The molecule has 16 heavy (non-hydrogen) atoms. The highest BCUT2D eigenvalue weighted by molar-refractivity contribution is 5.82. The van der Waals surface area contributed by atoms with Crippen molar-refractivity contribution in [1.29, 1.82) is 0 Å². The summed E-state index contributed by atoms with van der Waals surface area (Å²) in [4.78, 5) is 13.4. The Labute approximate surface area is 95.1 Å². The number of para-hydroxylation sites is 1. The Bertz CT molecular complexity index is 414. The number of Topliss-reactive ketones (excluding diaryl/α,β-unsaturated/α-hetero) is 1. The van der Waals surface area contributed by atoms with Gasteiger partial charge in [0, 0.05) is 24.9 Å². The van der Waals surface area contributed by atoms with E-state index in [-0.39, 0.29) is 17.1 Å². The van der Waals surface area contributed by atoms with E-state index in [4.69, 9.17) is 0 Å². The quantitative estimate of drug-likeness (QED) is 0.726. The molecule has 1 aliphatic heterocycles. The number of rotatable bonds is 1. The van der Waals surface area contributed by atoms with Crippen molar-refractivity contribution in [3.05, 3.63) is 30.1 Å². The molecule has 1 heterocycles. The summed E-state index contributed by atoms with van der Waals surface area (Å²) in [6, 6.07) is 6.74. The minimum Gasteiger partial charge on any atom is -0.363 e. The third kappa shape index (κ3) is 1.94. The summed E-state index contributed by atoms with van der Waals surface area (Å²) in [6.45, 7) is 4.57. The molecule has 1 aromatic carbocycles. The van der Waals surface area contributed by atoms with E-state index in [0.717, 1.165) is 0 Å². The van der Waals surface area contributed by atoms with Crippen molar-refractivity contribution in [2.45, 2.75) is 32.2 Å². The molecule has 0 bridgehead atoms. The van der Waals surface area contributed by atoms with Crippen molar-refractivity contribution < 1.29 is 9.18 Å². The van der Waals surface area contributed by atoms with Gasteiger partial charge in [0.1, 0.15) is 11.6 Å². The molecule has 0 unspecified atom stereocenters. The van der Waals surface area contributed by atoms with Gasteiger partial charge in [-0.05, 0) is 26.0 Å². The van der Waals surface area contributed by atoms with Gasteiger partial charge in [-0.2, -0.15) is 0 Å². The number of anilines is 1. The van der Waals surface area contributed by atoms with Crippen LogP contribution in [0.2, 0.25) is 0 Å². The molecule has 0 spiro atoms. The van der Waals surface area contributed by atoms with Gasteiger partial charge in [0.2, 0.25) is 0 Å². The number of hydrogen-bond donors (Lipinski definition) is 0. The van der Waals surface area contributed by atoms with Crippen molar-refractivity contribution in [3.63, 3.8) is 0 Å². The van der Waals surface area contributed by atoms with Crippen LogP contribution >= 0.6 is 0 Å². The zero-order chi connectivity index (χ0) is 11.8. The third-order valence-electron chi connectivity index (χ3n) is 3.12. The van der Waals surface area contributed by atoms with Gasteiger partial charge >= 0.3 is 0 Å². The summed E-state index contributed by atoms with van der Waals surface area (Å²) in [5.41, 5.74) is 0.303. The van der Waals surface area contributed by atoms with Crippen LogP contribution in [0.5, 0.6) is 0 Å². The predicted molar refractivity (Wildman–Crippen MR) is 62.1 cm³/mol. The minimum atomic E-state index is -0.294. The van der Waals surface area contributed by atoms with Crippen LogP contribution < -0.4 is 4.90 Å². The highest BCUT2D eigenvalue weighted by atomic mass is 19.1. The monoisotopic (exact) mass is 221 g/mol. The van der Waals surface area contributed by atoms with Crippen LogP contribution in [-0.2, 0) is 4.79 Å². The molecule has 1 fully saturated rings. The number of ketones is 1. The molecule has 2 nitrogen and oxygen atoms in total. The van der Waals surface area contributed by atoms with Crippen LogP contribution in [0.25, 0.3) is 0 Å². The summed E-state index contributed by atoms with van der Waals surface area (Å²) >= 11 is 0. The standard InChI is InChI=1S/C13H16FNO/c1-13(2)9-10(16)7-8-15(13)12-6-4-3-5-11(12)14/h3-6H,7-9H2,1-2H3. The Morgan fingerprint density at radius 3 is 2.62 bits per heavy atom. The van der Waals surface area contributed by atoms with E-state index in [0.29, 0.717) is 25.1 Å². The third-order valence-corrected chi connectivity index (χ3v) is 3.12. The first-order valence-corrected chi connectivity index (χ1v) is 5.54. The lowest BCUT2D eigenvalue weighted by Gasteiger charge is -2.43. The van der Waals surface area contributed by atoms with E-state index in [9.17, 15) is 9.18 Å². The fourth-order valence-corrected chi connectivity index (χ4v) is 2.32. The molecule has 1 aromatic rings. The molecule has 0 atom stereocenters. The van der Waals surface area contributed by atoms with Gasteiger partial charge in [0.15, 0.2) is 0 Å². The summed E-state index contributed by atoms with van der Waals surface area (Å²) in [5, 5.41) is 0. The zero-order valence-electron chi connectivity index (χ0n) is 9.66. The van der Waals surface area contributed by atoms with E-state index in [1.165, 1.54) is 6.07 Å². The number of nitrogens with zero attached hydrogens (tertiary/aromatic N) is 1. The smallest absolute Gasteiger partial charge is 0.146 e. The Morgan fingerprint density at radius 1 is 1.31 bits per heavy atom. The molecule has 0 radical (unpaired) electrons. The second kappa shape index (κ2) is 3.89. The first kappa shape index (κ1) is 11.1. The molecular formula is C13H16FNO. The van der Waals surface area contributed by atoms with Gasteiger partial charge in [-0.1, -0.05) is 12.1 Å². The first-order chi connectivity index (χ1) is 7.50. The van der Waals surface area contributed by atoms with E-state index in [2.05, 4.69) is 0 Å². The fraction of sp³-hybridized carbons (Fsp3) is 0.462. The van der Waals surface area contributed by atoms with Crippen LogP contribution in [0.4, 0.5) is 10.1 Å². The molecule has 0 saturated carbocycles. The molecule has 0 amide bonds. The summed E-state index contributed by atoms with van der Waals surface area (Å²) in [6.07, 6.45) is 0.999. The fourth-order valence-electron chi connectivity index (χ4n) is 2.32. The molecule has 3 heteroatoms. The molecule has 1 aliphatic rings. The predicted octanol–water partition coefficient (Wildman–Crippen LogP) is 2.77. The van der Waals surface area contributed by atoms with Crippen LogP contribution in [0.1, 0.15) is 26.7 Å². The lowest BCUT2D eigenvalue weighted by atomic mass is 9.89. The summed E-state index contributed by atoms with van der Waals surface area (Å²) < 4.78 is 13.7. The van der Waals surface area contributed by atoms with Crippen molar-refractivity contribution in [2.24, 2.45) is 0 Å². The molecule has 86 valence electrons. The average Bonchev–Trinajstić information content (AvgIpc) is 2.18. The second-order valence-corrected chi connectivity index (χ2v) is 4.88. The Balaban J connectivity index is 2.34. The van der Waals surface area contributed by atoms with Crippen molar-refractivity contribution in [2.75, 3.05) is 11.4 Å². The topological polar surface area (TPSA) is 20.3 Å². The van der Waals surface area contributed by atoms with Crippen molar-refractivity contribution in [3.8, 4) is 0 Å². The van der Waals surface area contributed by atoms with Crippen LogP contribution in [0.15, 0.2) is 24.3 Å². The van der Waals surface area contributed by atoms with Crippen LogP contribution in [0, 0.1) is 5.82 Å². The number of halogens is 1. The molecular weight excluding hydrogens is 205 g/mol. The second-order valence-electron chi connectivity index (χ2n) is 4.88. The Morgan fingerprint density at radius 2 is 2.00 bits per heavy atom. The number of hydrogen-bond acceptors (Lipinski definition) is 2. The minimum absolute atomic E-state index is 0.218. The van der Waals surface area contributed by atoms with E-state index in [1.54, 1.807) is 12.1 Å². The summed E-state index contributed by atoms with van der Waals surface area (Å²) in [7, 11) is 0. The Hall–Kier alpha value is -1.38. The highest BCUT2D eigenvalue weighted by Gasteiger charge is 2.34. The molecule has 0 N–H and O–H groups in total. The van der Waals surface area contributed by atoms with Gasteiger partial charge in [0.25, 0.3) is 0 Å². The maximum Gasteiger partial charge on any atom is 0.146 e. The van der Waals surface area contributed by atoms with Gasteiger partial charge in [-0.3, -0.25) is 4.79 Å². The highest BCUT2D eigenvalue weighted by Crippen LogP contribution is 2.32. The van der Waals surface area contributed by atoms with Crippen LogP contribution in [0.3, 0.4) is 0 Å². The van der Waals surface area contributed by atoms with E-state index in [1.807, 2.05) is 24.8 Å². The maximum absolute atomic E-state index is 13.7. The van der Waals surface area contributed by atoms with Crippen molar-refractivity contribution >= 4 is 11.5 Å². The Kier molecular flexibility index (Phi) is 2.70. The lowest BCUT2D eigenvalue weighted by Crippen LogP contribution is -2.50. The number of benzene rings is 1. The molecule has 1 saturated heterocycles. The summed E-state index contributed by atoms with van der Waals surface area (Å²) in [5.74, 6) is 0.0440. The maximum atomic E-state index is 13.7. The van der Waals surface area contributed by atoms with Crippen LogP contribution in [-0.4, -0.2) is 17.9 Å². The number of carbonyl (C=O) groups is 1. The van der Waals surface area contributed by atoms with Gasteiger partial charge in [-0.25, -0.2) is 4.39 Å². The molecule has 0 aromatic heterocycles. The molecule has 0 aliphatic carbocycles. The number of piperidine rings is 1. The average molecular weight is 221 g/mol. The lowest BCUT2D eigenvalue weighted by molar-refractivity contribution is -0.121. The van der Waals surface area contributed by atoms with E-state index >= 15 is 0 Å². The van der Waals surface area contributed by atoms with Gasteiger partial charge in [-0.15, -0.1) is 0 Å². The zero-order valence-corrected chi connectivity index (χ0v) is 9.66. The van der Waals surface area contributed by atoms with Gasteiger partial charge < -0.3 is 4.90 Å². The SMILES string of the molecule is CC1(C)CC(=O)CCN1c1ccccc1F.